The molecule has 3 aromatic rings. The van der Waals surface area contributed by atoms with Crippen molar-refractivity contribution < 1.29 is 18.6 Å². The summed E-state index contributed by atoms with van der Waals surface area (Å²) in [6.07, 6.45) is 1.67. The number of hydrogen-bond donors (Lipinski definition) is 1. The molecule has 0 bridgehead atoms. The van der Waals surface area contributed by atoms with Crippen molar-refractivity contribution in [3.8, 4) is 34.6 Å². The van der Waals surface area contributed by atoms with Crippen LogP contribution in [-0.2, 0) is 15.0 Å². The molecule has 1 unspecified atom stereocenters. The Kier molecular flexibility index (Phi) is 4.60. The van der Waals surface area contributed by atoms with Crippen molar-refractivity contribution in [3.05, 3.63) is 76.2 Å². The molecule has 4 heterocycles. The van der Waals surface area contributed by atoms with Gasteiger partial charge in [-0.25, -0.2) is 14.4 Å². The zero-order valence-electron chi connectivity index (χ0n) is 18.2. The van der Waals surface area contributed by atoms with Crippen molar-refractivity contribution in [1.82, 2.24) is 4.98 Å². The lowest BCUT2D eigenvalue weighted by molar-refractivity contribution is -0.0648. The van der Waals surface area contributed by atoms with Crippen molar-refractivity contribution >= 4 is 17.6 Å². The fourth-order valence-corrected chi connectivity index (χ4v) is 4.57. The SMILES string of the molecule is CC1(C#Cc2cnc3c(c2)C2(COC(N)=N2)c2cc(-c4cccc(Cl)c4F)ccc2O3)COC1. The number of fused-ring (bicyclic) bond motifs is 4. The van der Waals surface area contributed by atoms with E-state index in [1.807, 2.05) is 12.1 Å². The Morgan fingerprint density at radius 1 is 1.12 bits per heavy atom. The van der Waals surface area contributed by atoms with Gasteiger partial charge in [0.2, 0.25) is 5.88 Å². The molecule has 6 nitrogen and oxygen atoms in total. The minimum Gasteiger partial charge on any atom is -0.462 e. The van der Waals surface area contributed by atoms with Crippen LogP contribution in [-0.4, -0.2) is 30.8 Å². The number of nitrogens with zero attached hydrogens (tertiary/aromatic N) is 2. The van der Waals surface area contributed by atoms with E-state index in [2.05, 4.69) is 28.7 Å². The molecule has 8 heteroatoms. The standard InChI is InChI=1S/C26H19ClFN3O3/c1-25(12-32-13-25)8-7-15-9-19-23(30-11-15)34-21-6-5-16(17-3-2-4-20(27)22(17)28)10-18(21)26(19)14-33-24(29)31-26/h2-6,9-11H,12-14H2,1H3,(H2,29,31). The average Bonchev–Trinajstić information content (AvgIpc) is 3.21. The highest BCUT2D eigenvalue weighted by molar-refractivity contribution is 6.31. The third-order valence-corrected chi connectivity index (χ3v) is 6.56. The van der Waals surface area contributed by atoms with Crippen LogP contribution in [0.4, 0.5) is 4.39 Å². The maximum absolute atomic E-state index is 14.8. The lowest BCUT2D eigenvalue weighted by Gasteiger charge is -2.33. The molecule has 1 atom stereocenters. The summed E-state index contributed by atoms with van der Waals surface area (Å²) < 4.78 is 31.8. The van der Waals surface area contributed by atoms with Gasteiger partial charge in [0.05, 0.1) is 29.2 Å². The molecule has 3 aliphatic rings. The molecule has 0 saturated carbocycles. The lowest BCUT2D eigenvalue weighted by atomic mass is 9.81. The minimum absolute atomic E-state index is 0.0518. The van der Waals surface area contributed by atoms with Gasteiger partial charge in [-0.05, 0) is 36.8 Å². The molecule has 2 aromatic carbocycles. The molecule has 2 N–H and O–H groups in total. The van der Waals surface area contributed by atoms with Crippen LogP contribution in [0.3, 0.4) is 0 Å². The number of rotatable bonds is 1. The number of benzene rings is 2. The molecule has 1 aromatic heterocycles. The number of ether oxygens (including phenoxy) is 3. The van der Waals surface area contributed by atoms with E-state index in [9.17, 15) is 4.39 Å². The highest BCUT2D eigenvalue weighted by Gasteiger charge is 2.48. The number of nitrogens with two attached hydrogens (primary N) is 1. The molecule has 34 heavy (non-hydrogen) atoms. The van der Waals surface area contributed by atoms with Gasteiger partial charge in [-0.1, -0.05) is 41.6 Å². The topological polar surface area (TPSA) is 79.0 Å². The minimum atomic E-state index is -0.994. The van der Waals surface area contributed by atoms with Gasteiger partial charge in [-0.2, -0.15) is 0 Å². The van der Waals surface area contributed by atoms with Crippen LogP contribution in [0.2, 0.25) is 5.02 Å². The number of hydrogen-bond acceptors (Lipinski definition) is 6. The van der Waals surface area contributed by atoms with Crippen LogP contribution in [0, 0.1) is 23.1 Å². The molecule has 0 radical (unpaired) electrons. The number of pyridine rings is 1. The predicted octanol–water partition coefficient (Wildman–Crippen LogP) is 4.62. The first-order valence-corrected chi connectivity index (χ1v) is 11.1. The third kappa shape index (κ3) is 3.22. The summed E-state index contributed by atoms with van der Waals surface area (Å²) in [6, 6.07) is 12.2. The van der Waals surface area contributed by atoms with Crippen LogP contribution >= 0.6 is 11.6 Å². The molecule has 1 spiro atoms. The summed E-state index contributed by atoms with van der Waals surface area (Å²) >= 11 is 6.02. The van der Waals surface area contributed by atoms with Gasteiger partial charge >= 0.3 is 0 Å². The second kappa shape index (κ2) is 7.45. The zero-order valence-corrected chi connectivity index (χ0v) is 18.9. The largest absolute Gasteiger partial charge is 0.462 e. The number of amidine groups is 1. The lowest BCUT2D eigenvalue weighted by Crippen LogP contribution is -2.38. The van der Waals surface area contributed by atoms with Crippen molar-refractivity contribution in [1.29, 1.82) is 0 Å². The van der Waals surface area contributed by atoms with Gasteiger partial charge in [0.25, 0.3) is 6.02 Å². The molecular weight excluding hydrogens is 457 g/mol. The van der Waals surface area contributed by atoms with E-state index >= 15 is 0 Å². The second-order valence-corrected chi connectivity index (χ2v) is 9.30. The van der Waals surface area contributed by atoms with Crippen LogP contribution in [0.25, 0.3) is 11.1 Å². The Balaban J connectivity index is 1.50. The number of halogens is 2. The van der Waals surface area contributed by atoms with Crippen LogP contribution in [0.15, 0.2) is 53.7 Å². The summed E-state index contributed by atoms with van der Waals surface area (Å²) in [5.41, 5.74) is 7.93. The Morgan fingerprint density at radius 3 is 2.71 bits per heavy atom. The van der Waals surface area contributed by atoms with Gasteiger partial charge in [0.1, 0.15) is 18.2 Å². The Bertz CT molecular complexity index is 1440. The smallest absolute Gasteiger partial charge is 0.283 e. The van der Waals surface area contributed by atoms with E-state index in [1.54, 1.807) is 30.5 Å². The van der Waals surface area contributed by atoms with E-state index in [1.165, 1.54) is 6.07 Å². The first kappa shape index (κ1) is 21.0. The summed E-state index contributed by atoms with van der Waals surface area (Å²) in [5.74, 6) is 6.92. The highest BCUT2D eigenvalue weighted by Crippen LogP contribution is 2.51. The molecular formula is C26H19ClFN3O3. The fraction of sp³-hybridized carbons (Fsp3) is 0.231. The zero-order chi connectivity index (χ0) is 23.5. The van der Waals surface area contributed by atoms with Gasteiger partial charge in [-0.15, -0.1) is 0 Å². The Labute approximate surface area is 200 Å². The highest BCUT2D eigenvalue weighted by atomic mass is 35.5. The second-order valence-electron chi connectivity index (χ2n) is 8.89. The van der Waals surface area contributed by atoms with Crippen LogP contribution in [0.1, 0.15) is 23.6 Å². The first-order valence-electron chi connectivity index (χ1n) is 10.7. The number of aliphatic imine (C=N–C) groups is 1. The van der Waals surface area contributed by atoms with E-state index in [4.69, 9.17) is 31.5 Å². The van der Waals surface area contributed by atoms with E-state index in [0.717, 1.165) is 5.56 Å². The average molecular weight is 476 g/mol. The Hall–Kier alpha value is -3.60. The molecule has 1 fully saturated rings. The van der Waals surface area contributed by atoms with Crippen LogP contribution < -0.4 is 10.5 Å². The Morgan fingerprint density at radius 2 is 1.97 bits per heavy atom. The van der Waals surface area contributed by atoms with Gasteiger partial charge in [0.15, 0.2) is 5.54 Å². The maximum atomic E-state index is 14.8. The summed E-state index contributed by atoms with van der Waals surface area (Å²) in [4.78, 5) is 9.19. The normalized spacial score (nSPS) is 21.2. The maximum Gasteiger partial charge on any atom is 0.283 e. The molecule has 3 aliphatic heterocycles. The molecule has 1 saturated heterocycles. The van der Waals surface area contributed by atoms with E-state index in [-0.39, 0.29) is 23.1 Å². The summed E-state index contributed by atoms with van der Waals surface area (Å²) in [7, 11) is 0. The van der Waals surface area contributed by atoms with Crippen LogP contribution in [0.5, 0.6) is 11.6 Å². The van der Waals surface area contributed by atoms with Gasteiger partial charge < -0.3 is 19.9 Å². The summed E-state index contributed by atoms with van der Waals surface area (Å²) in [6.45, 7) is 3.43. The first-order chi connectivity index (χ1) is 16.4. The van der Waals surface area contributed by atoms with Crippen molar-refractivity contribution in [2.45, 2.75) is 12.5 Å². The quantitative estimate of drug-likeness (QED) is 0.519. The predicted molar refractivity (Wildman–Crippen MR) is 125 cm³/mol. The number of aromatic nitrogens is 1. The van der Waals surface area contributed by atoms with Crippen molar-refractivity contribution in [3.63, 3.8) is 0 Å². The summed E-state index contributed by atoms with van der Waals surface area (Å²) in [5, 5.41) is 0.0518. The monoisotopic (exact) mass is 475 g/mol. The molecule has 170 valence electrons. The molecule has 6 rings (SSSR count). The third-order valence-electron chi connectivity index (χ3n) is 6.27. The van der Waals surface area contributed by atoms with Crippen molar-refractivity contribution in [2.24, 2.45) is 16.1 Å². The molecule has 0 aliphatic carbocycles. The van der Waals surface area contributed by atoms with E-state index < -0.39 is 11.4 Å². The molecule has 0 amide bonds. The van der Waals surface area contributed by atoms with Crippen molar-refractivity contribution in [2.75, 3.05) is 19.8 Å². The van der Waals surface area contributed by atoms with Gasteiger partial charge in [0, 0.05) is 22.9 Å². The van der Waals surface area contributed by atoms with Gasteiger partial charge in [-0.3, -0.25) is 0 Å². The fourth-order valence-electron chi connectivity index (χ4n) is 4.39. The van der Waals surface area contributed by atoms with E-state index in [0.29, 0.717) is 47.1 Å².